The highest BCUT2D eigenvalue weighted by atomic mass is 16.5. The number of aliphatic imine (C=N–C) groups is 1. The molecule has 0 aromatic carbocycles. The Morgan fingerprint density at radius 1 is 1.41 bits per heavy atom. The number of aromatic nitrogens is 4. The van der Waals surface area contributed by atoms with E-state index in [9.17, 15) is 0 Å². The molecular weight excluding hydrogens is 342 g/mol. The number of rotatable bonds is 4. The number of H-pyrrole nitrogens is 1. The summed E-state index contributed by atoms with van der Waals surface area (Å²) < 4.78 is 7.80. The van der Waals surface area contributed by atoms with Gasteiger partial charge in [0.25, 0.3) is 0 Å². The van der Waals surface area contributed by atoms with Gasteiger partial charge in [0.15, 0.2) is 5.84 Å². The first-order valence-corrected chi connectivity index (χ1v) is 9.76. The van der Waals surface area contributed by atoms with Crippen LogP contribution in [0.4, 0.5) is 0 Å². The van der Waals surface area contributed by atoms with Gasteiger partial charge in [-0.05, 0) is 26.2 Å². The maximum absolute atomic E-state index is 7.58. The van der Waals surface area contributed by atoms with Crippen molar-refractivity contribution in [2.24, 2.45) is 4.99 Å². The molecule has 2 N–H and O–H groups in total. The van der Waals surface area contributed by atoms with E-state index >= 15 is 0 Å². The van der Waals surface area contributed by atoms with E-state index in [0.717, 1.165) is 61.9 Å². The van der Waals surface area contributed by atoms with Crippen LogP contribution < -0.4 is 0 Å². The Bertz CT molecular complexity index is 886. The molecule has 4 heterocycles. The molecule has 27 heavy (non-hydrogen) atoms. The van der Waals surface area contributed by atoms with Gasteiger partial charge in [-0.2, -0.15) is 5.10 Å². The number of fused-ring (bicyclic) bond motifs is 1. The number of aryl methyl sites for hydroxylation is 1. The van der Waals surface area contributed by atoms with Gasteiger partial charge in [-0.25, -0.2) is 9.98 Å². The maximum atomic E-state index is 7.58. The minimum atomic E-state index is 0.315. The first kappa shape index (κ1) is 16.7. The van der Waals surface area contributed by atoms with E-state index in [-0.39, 0.29) is 0 Å². The quantitative estimate of drug-likeness (QED) is 0.639. The molecule has 0 amide bonds. The zero-order valence-electron chi connectivity index (χ0n) is 15.6. The van der Waals surface area contributed by atoms with Crippen LogP contribution in [0.5, 0.6) is 0 Å². The summed E-state index contributed by atoms with van der Waals surface area (Å²) in [6.07, 6.45) is 7.56. The fourth-order valence-electron chi connectivity index (χ4n) is 4.26. The normalized spacial score (nSPS) is 22.9. The van der Waals surface area contributed by atoms with Crippen molar-refractivity contribution in [3.8, 4) is 0 Å². The largest absolute Gasteiger partial charge is 0.381 e. The van der Waals surface area contributed by atoms with E-state index in [0.29, 0.717) is 18.6 Å². The average molecular weight is 367 g/mol. The standard InChI is InChI=1S/C19H25N7O/c1-12-23-17(13-5-7-27-10-13)18(24-12)19(21-11-20)25-6-4-16-14(9-25)8-22-26(16)15-2-3-15/h8,11,13,15,20H,2-7,9-10H2,1H3,(H,23,24)/t13-/m0/s1. The highest BCUT2D eigenvalue weighted by Gasteiger charge is 2.33. The molecule has 2 fully saturated rings. The fraction of sp³-hybridized carbons (Fsp3) is 0.579. The van der Waals surface area contributed by atoms with Gasteiger partial charge in [-0.3, -0.25) is 10.1 Å². The Hall–Kier alpha value is -2.48. The predicted octanol–water partition coefficient (Wildman–Crippen LogP) is 2.17. The second kappa shape index (κ2) is 6.60. The molecule has 0 bridgehead atoms. The molecule has 2 aromatic heterocycles. The van der Waals surface area contributed by atoms with Crippen LogP contribution in [0.1, 0.15) is 59.7 Å². The van der Waals surface area contributed by atoms with Gasteiger partial charge in [-0.1, -0.05) is 0 Å². The molecule has 1 saturated heterocycles. The van der Waals surface area contributed by atoms with Crippen molar-refractivity contribution in [1.82, 2.24) is 24.6 Å². The Morgan fingerprint density at radius 2 is 2.30 bits per heavy atom. The van der Waals surface area contributed by atoms with E-state index in [1.807, 2.05) is 13.1 Å². The third kappa shape index (κ3) is 2.97. The van der Waals surface area contributed by atoms with Crippen molar-refractivity contribution in [3.05, 3.63) is 34.7 Å². The average Bonchev–Trinajstić information content (AvgIpc) is 3.09. The van der Waals surface area contributed by atoms with Crippen LogP contribution in [0.15, 0.2) is 11.2 Å². The number of nitrogens with zero attached hydrogens (tertiary/aromatic N) is 5. The molecule has 1 saturated carbocycles. The lowest BCUT2D eigenvalue weighted by atomic mass is 10.0. The lowest BCUT2D eigenvalue weighted by Gasteiger charge is -2.30. The van der Waals surface area contributed by atoms with Crippen molar-refractivity contribution >= 4 is 12.2 Å². The topological polar surface area (TPSA) is 95.2 Å². The second-order valence-corrected chi connectivity index (χ2v) is 7.69. The summed E-state index contributed by atoms with van der Waals surface area (Å²) in [5, 5.41) is 12.2. The second-order valence-electron chi connectivity index (χ2n) is 7.69. The van der Waals surface area contributed by atoms with Gasteiger partial charge < -0.3 is 14.6 Å². The molecule has 0 unspecified atom stereocenters. The van der Waals surface area contributed by atoms with Crippen molar-refractivity contribution in [2.45, 2.75) is 51.1 Å². The first-order chi connectivity index (χ1) is 13.2. The maximum Gasteiger partial charge on any atom is 0.158 e. The Balaban J connectivity index is 1.47. The van der Waals surface area contributed by atoms with Crippen LogP contribution in [-0.4, -0.2) is 56.6 Å². The number of ether oxygens (including phenoxy) is 1. The summed E-state index contributed by atoms with van der Waals surface area (Å²) in [7, 11) is 0. The minimum Gasteiger partial charge on any atom is -0.381 e. The summed E-state index contributed by atoms with van der Waals surface area (Å²) in [6, 6.07) is 0.609. The molecule has 2 aliphatic heterocycles. The van der Waals surface area contributed by atoms with Gasteiger partial charge in [0.1, 0.15) is 17.9 Å². The summed E-state index contributed by atoms with van der Waals surface area (Å²) in [5.74, 6) is 1.97. The summed E-state index contributed by atoms with van der Waals surface area (Å²) in [4.78, 5) is 14.8. The number of hydrogen-bond donors (Lipinski definition) is 2. The van der Waals surface area contributed by atoms with Gasteiger partial charge >= 0.3 is 0 Å². The predicted molar refractivity (Wildman–Crippen MR) is 101 cm³/mol. The zero-order chi connectivity index (χ0) is 18.4. The van der Waals surface area contributed by atoms with Crippen LogP contribution in [0, 0.1) is 12.3 Å². The van der Waals surface area contributed by atoms with Crippen molar-refractivity contribution < 1.29 is 4.74 Å². The van der Waals surface area contributed by atoms with Crippen molar-refractivity contribution in [2.75, 3.05) is 19.8 Å². The highest BCUT2D eigenvalue weighted by Crippen LogP contribution is 2.37. The van der Waals surface area contributed by atoms with Crippen LogP contribution >= 0.6 is 0 Å². The van der Waals surface area contributed by atoms with Crippen molar-refractivity contribution in [1.29, 1.82) is 5.41 Å². The van der Waals surface area contributed by atoms with E-state index in [4.69, 9.17) is 15.1 Å². The van der Waals surface area contributed by atoms with Crippen LogP contribution in [-0.2, 0) is 17.7 Å². The third-order valence-electron chi connectivity index (χ3n) is 5.74. The van der Waals surface area contributed by atoms with Gasteiger partial charge in [0, 0.05) is 43.3 Å². The first-order valence-electron chi connectivity index (χ1n) is 9.76. The number of nitrogens with one attached hydrogen (secondary N) is 2. The van der Waals surface area contributed by atoms with Crippen molar-refractivity contribution in [3.63, 3.8) is 0 Å². The highest BCUT2D eigenvalue weighted by molar-refractivity contribution is 6.01. The van der Waals surface area contributed by atoms with E-state index in [1.165, 1.54) is 24.1 Å². The summed E-state index contributed by atoms with van der Waals surface area (Å²) in [5.41, 5.74) is 4.59. The molecule has 8 nitrogen and oxygen atoms in total. The van der Waals surface area contributed by atoms with Gasteiger partial charge in [0.05, 0.1) is 24.5 Å². The Labute approximate surface area is 158 Å². The number of aromatic amines is 1. The molecule has 0 spiro atoms. The summed E-state index contributed by atoms with van der Waals surface area (Å²) in [6.45, 7) is 5.10. The van der Waals surface area contributed by atoms with Crippen LogP contribution in [0.2, 0.25) is 0 Å². The van der Waals surface area contributed by atoms with Crippen LogP contribution in [0.3, 0.4) is 0 Å². The van der Waals surface area contributed by atoms with Gasteiger partial charge in [0.2, 0.25) is 0 Å². The molecule has 5 rings (SSSR count). The molecular formula is C19H25N7O. The van der Waals surface area contributed by atoms with E-state index in [2.05, 4.69) is 24.7 Å². The monoisotopic (exact) mass is 367 g/mol. The van der Waals surface area contributed by atoms with E-state index < -0.39 is 0 Å². The van der Waals surface area contributed by atoms with Crippen LogP contribution in [0.25, 0.3) is 0 Å². The summed E-state index contributed by atoms with van der Waals surface area (Å²) >= 11 is 0. The lowest BCUT2D eigenvalue weighted by Crippen LogP contribution is -2.37. The zero-order valence-corrected chi connectivity index (χ0v) is 15.6. The fourth-order valence-corrected chi connectivity index (χ4v) is 4.26. The number of imidazole rings is 1. The van der Waals surface area contributed by atoms with Gasteiger partial charge in [-0.15, -0.1) is 0 Å². The molecule has 142 valence electrons. The number of hydrogen-bond acceptors (Lipinski definition) is 4. The minimum absolute atomic E-state index is 0.315. The SMILES string of the molecule is Cc1nc(C(=NC=N)N2CCc3c(cnn3C3CC3)C2)c([C@H]2CCOC2)[nH]1. The molecule has 2 aromatic rings. The molecule has 3 aliphatic rings. The molecule has 8 heteroatoms. The third-order valence-corrected chi connectivity index (χ3v) is 5.74. The Morgan fingerprint density at radius 3 is 3.04 bits per heavy atom. The molecule has 1 aliphatic carbocycles. The lowest BCUT2D eigenvalue weighted by molar-refractivity contribution is 0.193. The number of amidine groups is 1. The molecule has 0 radical (unpaired) electrons. The van der Waals surface area contributed by atoms with E-state index in [1.54, 1.807) is 0 Å². The smallest absolute Gasteiger partial charge is 0.158 e. The Kier molecular flexibility index (Phi) is 4.07. The molecule has 1 atom stereocenters.